The fourth-order valence-corrected chi connectivity index (χ4v) is 2.31. The molecule has 1 aliphatic heterocycles. The van der Waals surface area contributed by atoms with Crippen LogP contribution in [0.5, 0.6) is 11.5 Å². The third-order valence-electron chi connectivity index (χ3n) is 3.43. The van der Waals surface area contributed by atoms with Gasteiger partial charge in [0.2, 0.25) is 0 Å². The normalized spacial score (nSPS) is 17.1. The highest BCUT2D eigenvalue weighted by molar-refractivity contribution is 5.43. The fraction of sp³-hybridized carbons (Fsp3) is 0.529. The zero-order valence-electron chi connectivity index (χ0n) is 12.8. The lowest BCUT2D eigenvalue weighted by molar-refractivity contribution is 0.110. The van der Waals surface area contributed by atoms with Gasteiger partial charge in [-0.25, -0.2) is 0 Å². The Labute approximate surface area is 126 Å². The van der Waals surface area contributed by atoms with E-state index in [1.54, 1.807) is 14.0 Å². The summed E-state index contributed by atoms with van der Waals surface area (Å²) in [6.07, 6.45) is 2.69. The summed E-state index contributed by atoms with van der Waals surface area (Å²) in [5.41, 5.74) is 1.17. The van der Waals surface area contributed by atoms with Crippen LogP contribution >= 0.6 is 0 Å². The number of hydrogen-bond acceptors (Lipinski definition) is 4. The summed E-state index contributed by atoms with van der Waals surface area (Å²) < 4.78 is 16.5. The molecule has 1 N–H and O–H groups in total. The molecule has 2 rings (SSSR count). The van der Waals surface area contributed by atoms with Gasteiger partial charge in [0, 0.05) is 19.7 Å². The van der Waals surface area contributed by atoms with Crippen LogP contribution in [0.2, 0.25) is 0 Å². The van der Waals surface area contributed by atoms with Crippen LogP contribution in [0.1, 0.15) is 25.3 Å². The van der Waals surface area contributed by atoms with Gasteiger partial charge >= 0.3 is 0 Å². The van der Waals surface area contributed by atoms with E-state index >= 15 is 0 Å². The van der Waals surface area contributed by atoms with Crippen LogP contribution in [-0.2, 0) is 11.3 Å². The number of hydrogen-bond donors (Lipinski definition) is 1. The molecule has 0 bridgehead atoms. The average Bonchev–Trinajstić information content (AvgIpc) is 3.02. The maximum absolute atomic E-state index is 5.59. The molecule has 1 atom stereocenters. The number of nitrogens with one attached hydrogen (secondary N) is 1. The average molecular weight is 289 g/mol. The van der Waals surface area contributed by atoms with Gasteiger partial charge in [0.05, 0.1) is 13.2 Å². The Hall–Kier alpha value is -1.70. The molecule has 1 aliphatic rings. The van der Waals surface area contributed by atoms with E-state index in [1.807, 2.05) is 18.2 Å². The monoisotopic (exact) mass is 289 g/mol. The predicted molar refractivity (Wildman–Crippen MR) is 82.6 cm³/mol. The van der Waals surface area contributed by atoms with Gasteiger partial charge in [0.15, 0.2) is 11.5 Å². The molecule has 0 saturated carbocycles. The summed E-state index contributed by atoms with van der Waals surface area (Å²) in [5, 5.41) is 3.42. The van der Waals surface area contributed by atoms with Crippen molar-refractivity contribution in [2.45, 2.75) is 32.4 Å². The Morgan fingerprint density at radius 2 is 2.29 bits per heavy atom. The van der Waals surface area contributed by atoms with E-state index in [2.05, 4.69) is 17.2 Å². The summed E-state index contributed by atoms with van der Waals surface area (Å²) in [5.74, 6) is 7.14. The van der Waals surface area contributed by atoms with Gasteiger partial charge in [0.1, 0.15) is 6.61 Å². The van der Waals surface area contributed by atoms with Gasteiger partial charge in [-0.1, -0.05) is 12.0 Å². The maximum Gasteiger partial charge on any atom is 0.162 e. The van der Waals surface area contributed by atoms with Gasteiger partial charge in [-0.05, 0) is 37.5 Å². The summed E-state index contributed by atoms with van der Waals surface area (Å²) in [6, 6.07) is 5.97. The van der Waals surface area contributed by atoms with E-state index in [1.165, 1.54) is 12.0 Å². The molecule has 4 heteroatoms. The van der Waals surface area contributed by atoms with Crippen LogP contribution in [0.4, 0.5) is 0 Å². The molecule has 1 aromatic carbocycles. The first-order valence-corrected chi connectivity index (χ1v) is 7.35. The van der Waals surface area contributed by atoms with E-state index in [4.69, 9.17) is 14.2 Å². The minimum absolute atomic E-state index is 0.363. The Morgan fingerprint density at radius 3 is 3.00 bits per heavy atom. The SMILES string of the molecule is CC#CCOc1ccc(CNCC2CCCO2)cc1OC. The summed E-state index contributed by atoms with van der Waals surface area (Å²) >= 11 is 0. The van der Waals surface area contributed by atoms with Gasteiger partial charge in [-0.3, -0.25) is 0 Å². The molecule has 1 unspecified atom stereocenters. The number of methoxy groups -OCH3 is 1. The highest BCUT2D eigenvalue weighted by Crippen LogP contribution is 2.28. The van der Waals surface area contributed by atoms with Crippen molar-refractivity contribution in [2.24, 2.45) is 0 Å². The van der Waals surface area contributed by atoms with Crippen molar-refractivity contribution in [2.75, 3.05) is 26.9 Å². The largest absolute Gasteiger partial charge is 0.493 e. The highest BCUT2D eigenvalue weighted by atomic mass is 16.5. The van der Waals surface area contributed by atoms with Crippen LogP contribution in [0.15, 0.2) is 18.2 Å². The lowest BCUT2D eigenvalue weighted by Gasteiger charge is -2.13. The van der Waals surface area contributed by atoms with Gasteiger partial charge in [0.25, 0.3) is 0 Å². The standard InChI is InChI=1S/C17H23NO3/c1-3-4-9-21-16-8-7-14(11-17(16)19-2)12-18-13-15-6-5-10-20-15/h7-8,11,15,18H,5-6,9-10,12-13H2,1-2H3. The van der Waals surface area contributed by atoms with Crippen LogP contribution < -0.4 is 14.8 Å². The van der Waals surface area contributed by atoms with Crippen molar-refractivity contribution in [3.05, 3.63) is 23.8 Å². The van der Waals surface area contributed by atoms with E-state index < -0.39 is 0 Å². The molecule has 0 aliphatic carbocycles. The topological polar surface area (TPSA) is 39.7 Å². The van der Waals surface area contributed by atoms with E-state index in [-0.39, 0.29) is 0 Å². The minimum Gasteiger partial charge on any atom is -0.493 e. The highest BCUT2D eigenvalue weighted by Gasteiger charge is 2.14. The second-order valence-electron chi connectivity index (χ2n) is 4.97. The van der Waals surface area contributed by atoms with Crippen molar-refractivity contribution < 1.29 is 14.2 Å². The van der Waals surface area contributed by atoms with Crippen LogP contribution in [0, 0.1) is 11.8 Å². The molecule has 0 spiro atoms. The first-order valence-electron chi connectivity index (χ1n) is 7.35. The molecule has 114 valence electrons. The first kappa shape index (κ1) is 15.7. The summed E-state index contributed by atoms with van der Waals surface area (Å²) in [6.45, 7) is 4.76. The quantitative estimate of drug-likeness (QED) is 0.782. The second kappa shape index (κ2) is 8.56. The molecule has 4 nitrogen and oxygen atoms in total. The number of ether oxygens (including phenoxy) is 3. The molecule has 1 aromatic rings. The van der Waals surface area contributed by atoms with Crippen LogP contribution in [-0.4, -0.2) is 33.0 Å². The van der Waals surface area contributed by atoms with Crippen LogP contribution in [0.3, 0.4) is 0 Å². The zero-order valence-corrected chi connectivity index (χ0v) is 12.8. The van der Waals surface area contributed by atoms with Crippen molar-refractivity contribution in [1.29, 1.82) is 0 Å². The third-order valence-corrected chi connectivity index (χ3v) is 3.43. The molecule has 1 fully saturated rings. The summed E-state index contributed by atoms with van der Waals surface area (Å²) in [4.78, 5) is 0. The van der Waals surface area contributed by atoms with Crippen molar-refractivity contribution in [3.8, 4) is 23.3 Å². The van der Waals surface area contributed by atoms with Gasteiger partial charge in [-0.15, -0.1) is 5.92 Å². The van der Waals surface area contributed by atoms with Crippen molar-refractivity contribution in [1.82, 2.24) is 5.32 Å². The molecule has 0 radical (unpaired) electrons. The zero-order chi connectivity index (χ0) is 14.9. The molecule has 1 saturated heterocycles. The van der Waals surface area contributed by atoms with Gasteiger partial charge in [-0.2, -0.15) is 0 Å². The molecule has 21 heavy (non-hydrogen) atoms. The van der Waals surface area contributed by atoms with Crippen molar-refractivity contribution >= 4 is 0 Å². The lowest BCUT2D eigenvalue weighted by Crippen LogP contribution is -2.25. The molecular weight excluding hydrogens is 266 g/mol. The second-order valence-corrected chi connectivity index (χ2v) is 4.97. The Morgan fingerprint density at radius 1 is 1.38 bits per heavy atom. The molecule has 0 aromatic heterocycles. The fourth-order valence-electron chi connectivity index (χ4n) is 2.31. The third kappa shape index (κ3) is 4.96. The Balaban J connectivity index is 1.86. The van der Waals surface area contributed by atoms with Gasteiger partial charge < -0.3 is 19.5 Å². The predicted octanol–water partition coefficient (Wildman–Crippen LogP) is 2.37. The molecular formula is C17H23NO3. The molecule has 0 amide bonds. The Bertz CT molecular complexity index is 498. The van der Waals surface area contributed by atoms with Crippen LogP contribution in [0.25, 0.3) is 0 Å². The smallest absolute Gasteiger partial charge is 0.162 e. The summed E-state index contributed by atoms with van der Waals surface area (Å²) in [7, 11) is 1.65. The van der Waals surface area contributed by atoms with E-state index in [0.29, 0.717) is 12.7 Å². The number of benzene rings is 1. The maximum atomic E-state index is 5.59. The van der Waals surface area contributed by atoms with Crippen molar-refractivity contribution in [3.63, 3.8) is 0 Å². The number of rotatable bonds is 7. The van der Waals surface area contributed by atoms with E-state index in [0.717, 1.165) is 37.6 Å². The first-order chi connectivity index (χ1) is 10.3. The van der Waals surface area contributed by atoms with E-state index in [9.17, 15) is 0 Å². The Kier molecular flexibility index (Phi) is 6.39. The molecule has 1 heterocycles. The lowest BCUT2D eigenvalue weighted by atomic mass is 10.2. The minimum atomic E-state index is 0.363.